The molecule has 2 aromatic carbocycles. The Kier molecular flexibility index (Phi) is 6.19. The van der Waals surface area contributed by atoms with Crippen LogP contribution < -0.4 is 10.1 Å². The molecule has 0 fully saturated rings. The smallest absolute Gasteiger partial charge is 0.261 e. The van der Waals surface area contributed by atoms with Gasteiger partial charge in [0.1, 0.15) is 18.2 Å². The molecule has 3 aromatic rings. The average Bonchev–Trinajstić information content (AvgIpc) is 3.09. The van der Waals surface area contributed by atoms with Gasteiger partial charge in [-0.25, -0.2) is 4.39 Å². The Morgan fingerprint density at radius 2 is 1.96 bits per heavy atom. The van der Waals surface area contributed by atoms with E-state index in [0.29, 0.717) is 16.4 Å². The quantitative estimate of drug-likeness (QED) is 0.472. The number of para-hydroxylation sites is 1. The van der Waals surface area contributed by atoms with Gasteiger partial charge < -0.3 is 4.74 Å². The molecule has 0 aliphatic carbocycles. The highest BCUT2D eigenvalue weighted by Crippen LogP contribution is 2.26. The van der Waals surface area contributed by atoms with E-state index in [9.17, 15) is 9.18 Å². The molecule has 5 nitrogen and oxygen atoms in total. The number of nitrogens with zero attached hydrogens (tertiary/aromatic N) is 2. The molecule has 0 aliphatic heterocycles. The predicted molar refractivity (Wildman–Crippen MR) is 101 cm³/mol. The molecule has 0 radical (unpaired) electrons. The number of aromatic nitrogens is 2. The van der Waals surface area contributed by atoms with Crippen molar-refractivity contribution in [2.75, 3.05) is 11.1 Å². The molecule has 0 saturated carbocycles. The van der Waals surface area contributed by atoms with E-state index in [1.165, 1.54) is 23.5 Å². The minimum absolute atomic E-state index is 0.237. The largest absolute Gasteiger partial charge is 0.488 e. The first kappa shape index (κ1) is 18.3. The fourth-order valence-corrected chi connectivity index (χ4v) is 3.77. The van der Waals surface area contributed by atoms with Crippen LogP contribution in [0.3, 0.4) is 0 Å². The van der Waals surface area contributed by atoms with E-state index in [4.69, 9.17) is 4.74 Å². The minimum Gasteiger partial charge on any atom is -0.488 e. The van der Waals surface area contributed by atoms with Gasteiger partial charge in [-0.15, -0.1) is 10.2 Å². The summed E-state index contributed by atoms with van der Waals surface area (Å²) in [5.74, 6) is 0.722. The predicted octanol–water partition coefficient (Wildman–Crippen LogP) is 4.62. The lowest BCUT2D eigenvalue weighted by Crippen LogP contribution is -2.13. The molecule has 0 atom stereocenters. The number of ether oxygens (including phenoxy) is 1. The van der Waals surface area contributed by atoms with Crippen molar-refractivity contribution in [2.45, 2.75) is 17.9 Å². The number of amides is 1. The maximum atomic E-state index is 13.0. The third-order valence-corrected chi connectivity index (χ3v) is 5.19. The first-order valence-electron chi connectivity index (χ1n) is 7.89. The van der Waals surface area contributed by atoms with Crippen LogP contribution >= 0.6 is 23.1 Å². The zero-order chi connectivity index (χ0) is 18.4. The summed E-state index contributed by atoms with van der Waals surface area (Å²) in [6.45, 7) is 2.26. The number of carbonyl (C=O) groups excluding carboxylic acids is 1. The van der Waals surface area contributed by atoms with E-state index < -0.39 is 0 Å². The van der Waals surface area contributed by atoms with Gasteiger partial charge in [-0.2, -0.15) is 0 Å². The van der Waals surface area contributed by atoms with E-state index in [2.05, 4.69) is 15.5 Å². The number of rotatable bonds is 7. The highest BCUT2D eigenvalue weighted by molar-refractivity contribution is 8.01. The van der Waals surface area contributed by atoms with E-state index in [1.54, 1.807) is 48.2 Å². The van der Waals surface area contributed by atoms with E-state index in [1.807, 2.05) is 6.92 Å². The second kappa shape index (κ2) is 8.77. The lowest BCUT2D eigenvalue weighted by atomic mass is 10.2. The number of benzene rings is 2. The molecule has 0 aliphatic rings. The summed E-state index contributed by atoms with van der Waals surface area (Å²) in [6.07, 6.45) is 0. The summed E-state index contributed by atoms with van der Waals surface area (Å²) in [5.41, 5.74) is 1.21. The van der Waals surface area contributed by atoms with Crippen molar-refractivity contribution in [1.29, 1.82) is 0 Å². The summed E-state index contributed by atoms with van der Waals surface area (Å²) in [4.78, 5) is 12.5. The Bertz CT molecular complexity index is 884. The molecule has 1 N–H and O–H groups in total. The molecular weight excluding hydrogens is 373 g/mol. The number of anilines is 1. The number of hydrogen-bond acceptors (Lipinski definition) is 6. The Balaban J connectivity index is 1.69. The third kappa shape index (κ3) is 4.80. The number of nitrogens with one attached hydrogen (secondary N) is 1. The van der Waals surface area contributed by atoms with Crippen molar-refractivity contribution in [2.24, 2.45) is 0 Å². The van der Waals surface area contributed by atoms with Crippen LogP contribution in [0.25, 0.3) is 0 Å². The second-order valence-corrected chi connectivity index (χ2v) is 7.66. The highest BCUT2D eigenvalue weighted by Gasteiger charge is 2.15. The lowest BCUT2D eigenvalue weighted by Gasteiger charge is -2.11. The Morgan fingerprint density at radius 3 is 2.73 bits per heavy atom. The van der Waals surface area contributed by atoms with Gasteiger partial charge in [-0.1, -0.05) is 54.3 Å². The summed E-state index contributed by atoms with van der Waals surface area (Å²) in [6, 6.07) is 13.0. The zero-order valence-electron chi connectivity index (χ0n) is 13.9. The number of halogens is 1. The van der Waals surface area contributed by atoms with Crippen LogP contribution in [0.5, 0.6) is 5.75 Å². The van der Waals surface area contributed by atoms with Crippen molar-refractivity contribution in [3.05, 3.63) is 65.5 Å². The molecule has 0 spiro atoms. The molecule has 1 heterocycles. The standard InChI is InChI=1S/C18H16FN3O2S2/c1-2-25-18-22-21-17(26-18)20-16(23)14-5-3-4-6-15(14)24-11-12-7-9-13(19)10-8-12/h3-10H,2,11H2,1H3,(H,20,21,23). The Morgan fingerprint density at radius 1 is 1.19 bits per heavy atom. The van der Waals surface area contributed by atoms with Crippen molar-refractivity contribution in [1.82, 2.24) is 10.2 Å². The fraction of sp³-hybridized carbons (Fsp3) is 0.167. The lowest BCUT2D eigenvalue weighted by molar-refractivity contribution is 0.102. The fourth-order valence-electron chi connectivity index (χ4n) is 2.13. The van der Waals surface area contributed by atoms with Gasteiger partial charge in [0, 0.05) is 0 Å². The summed E-state index contributed by atoms with van der Waals surface area (Å²) in [7, 11) is 0. The summed E-state index contributed by atoms with van der Waals surface area (Å²) < 4.78 is 19.5. The molecule has 0 bridgehead atoms. The highest BCUT2D eigenvalue weighted by atomic mass is 32.2. The maximum Gasteiger partial charge on any atom is 0.261 e. The molecule has 0 unspecified atom stereocenters. The summed E-state index contributed by atoms with van der Waals surface area (Å²) in [5, 5.41) is 11.2. The van der Waals surface area contributed by atoms with E-state index in [0.717, 1.165) is 15.7 Å². The molecule has 3 rings (SSSR count). The van der Waals surface area contributed by atoms with Crippen LogP contribution in [0, 0.1) is 5.82 Å². The monoisotopic (exact) mass is 389 g/mol. The van der Waals surface area contributed by atoms with Crippen LogP contribution in [0.4, 0.5) is 9.52 Å². The Hall–Kier alpha value is -2.45. The van der Waals surface area contributed by atoms with Gasteiger partial charge in [0.25, 0.3) is 5.91 Å². The number of carbonyl (C=O) groups is 1. The van der Waals surface area contributed by atoms with Crippen LogP contribution in [0.15, 0.2) is 52.9 Å². The van der Waals surface area contributed by atoms with E-state index in [-0.39, 0.29) is 18.3 Å². The van der Waals surface area contributed by atoms with Crippen molar-refractivity contribution in [3.8, 4) is 5.75 Å². The summed E-state index contributed by atoms with van der Waals surface area (Å²) >= 11 is 2.90. The molecule has 1 aromatic heterocycles. The van der Waals surface area contributed by atoms with Gasteiger partial charge in [-0.3, -0.25) is 10.1 Å². The van der Waals surface area contributed by atoms with Crippen molar-refractivity contribution < 1.29 is 13.9 Å². The maximum absolute atomic E-state index is 13.0. The minimum atomic E-state index is -0.316. The van der Waals surface area contributed by atoms with Gasteiger partial charge in [0.15, 0.2) is 4.34 Å². The Labute approximate surface area is 158 Å². The van der Waals surface area contributed by atoms with E-state index >= 15 is 0 Å². The topological polar surface area (TPSA) is 64.1 Å². The molecule has 8 heteroatoms. The van der Waals surface area contributed by atoms with Gasteiger partial charge in [-0.05, 0) is 35.6 Å². The first-order valence-corrected chi connectivity index (χ1v) is 9.70. The van der Waals surface area contributed by atoms with Crippen molar-refractivity contribution in [3.63, 3.8) is 0 Å². The zero-order valence-corrected chi connectivity index (χ0v) is 15.6. The van der Waals surface area contributed by atoms with Gasteiger partial charge >= 0.3 is 0 Å². The van der Waals surface area contributed by atoms with Crippen LogP contribution in [0.1, 0.15) is 22.8 Å². The number of thioether (sulfide) groups is 1. The van der Waals surface area contributed by atoms with Crippen LogP contribution in [0.2, 0.25) is 0 Å². The third-order valence-electron chi connectivity index (χ3n) is 3.33. The molecule has 26 heavy (non-hydrogen) atoms. The average molecular weight is 389 g/mol. The van der Waals surface area contributed by atoms with Gasteiger partial charge in [0.2, 0.25) is 5.13 Å². The second-order valence-electron chi connectivity index (χ2n) is 5.17. The SMILES string of the molecule is CCSc1nnc(NC(=O)c2ccccc2OCc2ccc(F)cc2)s1. The van der Waals surface area contributed by atoms with Crippen LogP contribution in [-0.2, 0) is 6.61 Å². The van der Waals surface area contributed by atoms with Crippen molar-refractivity contribution >= 4 is 34.1 Å². The number of hydrogen-bond donors (Lipinski definition) is 1. The molecule has 134 valence electrons. The molecular formula is C18H16FN3O2S2. The molecule has 0 saturated heterocycles. The van der Waals surface area contributed by atoms with Gasteiger partial charge in [0.05, 0.1) is 5.56 Å². The van der Waals surface area contributed by atoms with Crippen LogP contribution in [-0.4, -0.2) is 21.9 Å². The first-order chi connectivity index (χ1) is 12.7. The molecule has 1 amide bonds. The normalized spacial score (nSPS) is 10.5.